The number of benzene rings is 2. The molecule has 0 saturated carbocycles. The van der Waals surface area contributed by atoms with Gasteiger partial charge in [-0.05, 0) is 22.4 Å². The molecular weight excluding hydrogens is 284 g/mol. The van der Waals surface area contributed by atoms with Crippen molar-refractivity contribution in [2.24, 2.45) is 0 Å². The van der Waals surface area contributed by atoms with Crippen molar-refractivity contribution < 1.29 is 13.0 Å². The maximum atomic E-state index is 12.0. The zero-order valence-corrected chi connectivity index (χ0v) is 13.3. The van der Waals surface area contributed by atoms with Crippen molar-refractivity contribution >= 4 is 20.9 Å². The van der Waals surface area contributed by atoms with E-state index >= 15 is 0 Å². The SMILES string of the molecule is C=CC(C)c1c(C(C)C)cc2ccccc2c1S(=O)(=O)O. The average Bonchev–Trinajstić information content (AvgIpc) is 2.43. The Hall–Kier alpha value is -1.65. The van der Waals surface area contributed by atoms with Gasteiger partial charge in [-0.2, -0.15) is 8.42 Å². The van der Waals surface area contributed by atoms with Gasteiger partial charge in [-0.3, -0.25) is 4.55 Å². The van der Waals surface area contributed by atoms with Crippen LogP contribution in [0, 0.1) is 0 Å². The van der Waals surface area contributed by atoms with Gasteiger partial charge in [-0.15, -0.1) is 6.58 Å². The van der Waals surface area contributed by atoms with Crippen molar-refractivity contribution in [2.45, 2.75) is 37.5 Å². The summed E-state index contributed by atoms with van der Waals surface area (Å²) in [5.74, 6) is -0.0172. The lowest BCUT2D eigenvalue weighted by Gasteiger charge is -2.21. The van der Waals surface area contributed by atoms with Crippen LogP contribution in [0.5, 0.6) is 0 Å². The van der Waals surface area contributed by atoms with Gasteiger partial charge in [-0.25, -0.2) is 0 Å². The van der Waals surface area contributed by atoms with Crippen LogP contribution in [0.25, 0.3) is 10.8 Å². The quantitative estimate of drug-likeness (QED) is 0.668. The maximum absolute atomic E-state index is 12.0. The van der Waals surface area contributed by atoms with Crippen LogP contribution < -0.4 is 0 Å². The van der Waals surface area contributed by atoms with Crippen LogP contribution in [-0.2, 0) is 10.1 Å². The first-order chi connectivity index (χ1) is 9.77. The molecule has 0 aliphatic carbocycles. The minimum absolute atomic E-state index is 0.0108. The molecule has 0 bridgehead atoms. The third-order valence-corrected chi connectivity index (χ3v) is 4.72. The van der Waals surface area contributed by atoms with Gasteiger partial charge in [0.1, 0.15) is 4.90 Å². The van der Waals surface area contributed by atoms with E-state index in [0.717, 1.165) is 10.9 Å². The second kappa shape index (κ2) is 5.62. The van der Waals surface area contributed by atoms with Crippen LogP contribution >= 0.6 is 0 Å². The highest BCUT2D eigenvalue weighted by molar-refractivity contribution is 7.86. The predicted octanol–water partition coefficient (Wildman–Crippen LogP) is 4.50. The first-order valence-corrected chi connectivity index (χ1v) is 8.37. The molecule has 0 heterocycles. The molecule has 0 spiro atoms. The first kappa shape index (κ1) is 15.7. The van der Waals surface area contributed by atoms with Crippen LogP contribution in [0.3, 0.4) is 0 Å². The van der Waals surface area contributed by atoms with Crippen LogP contribution in [0.2, 0.25) is 0 Å². The van der Waals surface area contributed by atoms with Crippen molar-refractivity contribution in [3.63, 3.8) is 0 Å². The fourth-order valence-corrected chi connectivity index (χ4v) is 3.74. The van der Waals surface area contributed by atoms with Crippen LogP contribution in [0.4, 0.5) is 0 Å². The highest BCUT2D eigenvalue weighted by atomic mass is 32.2. The zero-order valence-electron chi connectivity index (χ0n) is 12.5. The minimum atomic E-state index is -4.32. The summed E-state index contributed by atoms with van der Waals surface area (Å²) in [5.41, 5.74) is 1.56. The molecule has 1 unspecified atom stereocenters. The van der Waals surface area contributed by atoms with Crippen molar-refractivity contribution in [1.82, 2.24) is 0 Å². The van der Waals surface area contributed by atoms with Crippen LogP contribution in [0.1, 0.15) is 43.7 Å². The molecule has 1 atom stereocenters. The topological polar surface area (TPSA) is 54.4 Å². The molecule has 3 nitrogen and oxygen atoms in total. The van der Waals surface area contributed by atoms with E-state index < -0.39 is 10.1 Å². The van der Waals surface area contributed by atoms with Gasteiger partial charge in [-0.1, -0.05) is 57.2 Å². The molecule has 0 aliphatic rings. The van der Waals surface area contributed by atoms with Gasteiger partial charge in [0.15, 0.2) is 0 Å². The second-order valence-electron chi connectivity index (χ2n) is 5.58. The Bertz CT molecular complexity index is 789. The van der Waals surface area contributed by atoms with E-state index in [-0.39, 0.29) is 16.7 Å². The number of hydrogen-bond acceptors (Lipinski definition) is 2. The zero-order chi connectivity index (χ0) is 15.8. The highest BCUT2D eigenvalue weighted by Crippen LogP contribution is 2.38. The van der Waals surface area contributed by atoms with Gasteiger partial charge in [0.2, 0.25) is 0 Å². The largest absolute Gasteiger partial charge is 0.295 e. The van der Waals surface area contributed by atoms with E-state index in [1.54, 1.807) is 18.2 Å². The van der Waals surface area contributed by atoms with E-state index in [4.69, 9.17) is 0 Å². The van der Waals surface area contributed by atoms with E-state index in [9.17, 15) is 13.0 Å². The minimum Gasteiger partial charge on any atom is -0.282 e. The maximum Gasteiger partial charge on any atom is 0.295 e. The summed E-state index contributed by atoms with van der Waals surface area (Å²) in [6.07, 6.45) is 1.70. The molecule has 21 heavy (non-hydrogen) atoms. The third kappa shape index (κ3) is 2.87. The molecule has 112 valence electrons. The Balaban J connectivity index is 3.07. The Morgan fingerprint density at radius 3 is 2.33 bits per heavy atom. The van der Waals surface area contributed by atoms with Crippen LogP contribution in [-0.4, -0.2) is 13.0 Å². The number of rotatable bonds is 4. The summed E-state index contributed by atoms with van der Waals surface area (Å²) >= 11 is 0. The van der Waals surface area contributed by atoms with Gasteiger partial charge >= 0.3 is 0 Å². The van der Waals surface area contributed by atoms with Gasteiger partial charge in [0, 0.05) is 11.3 Å². The highest BCUT2D eigenvalue weighted by Gasteiger charge is 2.25. The summed E-state index contributed by atoms with van der Waals surface area (Å²) < 4.78 is 33.7. The van der Waals surface area contributed by atoms with Gasteiger partial charge < -0.3 is 0 Å². The van der Waals surface area contributed by atoms with Gasteiger partial charge in [0.25, 0.3) is 10.1 Å². The van der Waals surface area contributed by atoms with E-state index in [2.05, 4.69) is 6.58 Å². The molecule has 0 saturated heterocycles. The Kier molecular flexibility index (Phi) is 4.21. The summed E-state index contributed by atoms with van der Waals surface area (Å²) in [5, 5.41) is 1.36. The smallest absolute Gasteiger partial charge is 0.282 e. The van der Waals surface area contributed by atoms with E-state index in [0.29, 0.717) is 10.9 Å². The predicted molar refractivity (Wildman–Crippen MR) is 86.5 cm³/mol. The lowest BCUT2D eigenvalue weighted by atomic mass is 9.87. The van der Waals surface area contributed by atoms with Crippen molar-refractivity contribution in [3.8, 4) is 0 Å². The lowest BCUT2D eigenvalue weighted by molar-refractivity contribution is 0.482. The molecule has 2 rings (SSSR count). The lowest BCUT2D eigenvalue weighted by Crippen LogP contribution is -2.10. The molecule has 0 aliphatic heterocycles. The van der Waals surface area contributed by atoms with Gasteiger partial charge in [0.05, 0.1) is 0 Å². The third-order valence-electron chi connectivity index (χ3n) is 3.76. The normalized spacial score (nSPS) is 13.6. The summed E-state index contributed by atoms with van der Waals surface area (Å²) in [4.78, 5) is 0.0108. The Labute approximate surface area is 126 Å². The molecule has 0 aromatic heterocycles. The van der Waals surface area contributed by atoms with Crippen molar-refractivity contribution in [1.29, 1.82) is 0 Å². The van der Waals surface area contributed by atoms with Crippen molar-refractivity contribution in [2.75, 3.05) is 0 Å². The molecular formula is C17H20O3S. The second-order valence-corrected chi connectivity index (χ2v) is 6.94. The van der Waals surface area contributed by atoms with E-state index in [1.807, 2.05) is 39.0 Å². The summed E-state index contributed by atoms with van der Waals surface area (Å²) in [6, 6.07) is 9.22. The Morgan fingerprint density at radius 2 is 1.81 bits per heavy atom. The summed E-state index contributed by atoms with van der Waals surface area (Å²) in [6.45, 7) is 9.67. The fraction of sp³-hybridized carbons (Fsp3) is 0.294. The molecule has 4 heteroatoms. The molecule has 0 amide bonds. The number of hydrogen-bond donors (Lipinski definition) is 1. The fourth-order valence-electron chi connectivity index (χ4n) is 2.69. The number of fused-ring (bicyclic) bond motifs is 1. The Morgan fingerprint density at radius 1 is 1.19 bits per heavy atom. The molecule has 0 radical (unpaired) electrons. The average molecular weight is 304 g/mol. The molecule has 2 aromatic rings. The summed E-state index contributed by atoms with van der Waals surface area (Å²) in [7, 11) is -4.32. The molecule has 1 N–H and O–H groups in total. The van der Waals surface area contributed by atoms with Crippen LogP contribution in [0.15, 0.2) is 47.9 Å². The standard InChI is InChI=1S/C17H20O3S/c1-5-12(4)16-15(11(2)3)10-13-8-6-7-9-14(13)17(16)21(18,19)20/h5-12H,1H2,2-4H3,(H,18,19,20). The molecule has 2 aromatic carbocycles. The van der Waals surface area contributed by atoms with E-state index in [1.165, 1.54) is 0 Å². The molecule has 0 fully saturated rings. The first-order valence-electron chi connectivity index (χ1n) is 6.93. The monoisotopic (exact) mass is 304 g/mol. The number of allylic oxidation sites excluding steroid dienone is 1. The van der Waals surface area contributed by atoms with Crippen molar-refractivity contribution in [3.05, 3.63) is 54.1 Å².